The molecule has 5 aromatic carbocycles. The molecule has 1 aromatic heterocycles. The van der Waals surface area contributed by atoms with Gasteiger partial charge in [0, 0.05) is 46.2 Å². The van der Waals surface area contributed by atoms with Gasteiger partial charge in [-0.25, -0.2) is 0 Å². The van der Waals surface area contributed by atoms with Gasteiger partial charge in [-0.15, -0.1) is 0 Å². The lowest BCUT2D eigenvalue weighted by Gasteiger charge is -2.49. The quantitative estimate of drug-likeness (QED) is 0.162. The Balaban J connectivity index is 1.26. The van der Waals surface area contributed by atoms with Crippen LogP contribution in [0.5, 0.6) is 0 Å². The molecule has 2 atom stereocenters. The zero-order valence-electron chi connectivity index (χ0n) is 31.3. The van der Waals surface area contributed by atoms with Gasteiger partial charge < -0.3 is 24.1 Å². The second-order valence-corrected chi connectivity index (χ2v) is 21.7. The van der Waals surface area contributed by atoms with E-state index < -0.39 is 14.3 Å². The van der Waals surface area contributed by atoms with Crippen molar-refractivity contribution in [1.29, 1.82) is 0 Å². The van der Waals surface area contributed by atoms with E-state index >= 15 is 4.79 Å². The fourth-order valence-corrected chi connectivity index (χ4v) is 15.5. The van der Waals surface area contributed by atoms with Crippen LogP contribution in [0, 0.1) is 5.41 Å². The van der Waals surface area contributed by atoms with Gasteiger partial charge in [-0.3, -0.25) is 4.79 Å². The van der Waals surface area contributed by atoms with Gasteiger partial charge in [0.15, 0.2) is 6.29 Å². The first-order valence-corrected chi connectivity index (χ1v) is 21.0. The van der Waals surface area contributed by atoms with Crippen molar-refractivity contribution in [3.8, 4) is 11.1 Å². The van der Waals surface area contributed by atoms with Gasteiger partial charge in [0.25, 0.3) is 0 Å². The van der Waals surface area contributed by atoms with E-state index in [-0.39, 0.29) is 28.6 Å². The topological polar surface area (TPSA) is 74.8 Å². The normalized spacial score (nSPS) is 19.1. The number of aliphatic hydroxyl groups excluding tert-OH is 1. The van der Waals surface area contributed by atoms with Crippen LogP contribution in [0.3, 0.4) is 0 Å². The summed E-state index contributed by atoms with van der Waals surface area (Å²) >= 11 is 0. The SMILES string of the molecule is CC1(C)COC(CC[C@H](O)[C@H]2c3ccccc3-c3c4c(c5c([nH]c6ccccc65)c32)CN([Si](c2ccccc2)(c2ccccc2)C(C)(C)C)C4=O)OC1. The van der Waals surface area contributed by atoms with Crippen molar-refractivity contribution in [3.63, 3.8) is 0 Å². The van der Waals surface area contributed by atoms with E-state index in [1.807, 2.05) is 0 Å². The monoisotopic (exact) mass is 720 g/mol. The largest absolute Gasteiger partial charge is 0.392 e. The first-order chi connectivity index (χ1) is 25.5. The van der Waals surface area contributed by atoms with Gasteiger partial charge in [-0.1, -0.05) is 138 Å². The van der Waals surface area contributed by atoms with Crippen LogP contribution in [0.1, 0.15) is 80.4 Å². The maximum Gasteiger partial charge on any atom is 0.247 e. The molecule has 3 aliphatic rings. The number of carbonyl (C=O) groups is 1. The van der Waals surface area contributed by atoms with Gasteiger partial charge in [0.2, 0.25) is 14.1 Å². The zero-order valence-corrected chi connectivity index (χ0v) is 32.3. The molecule has 1 aliphatic carbocycles. The molecule has 2 aliphatic heterocycles. The minimum atomic E-state index is -3.02. The molecule has 1 fully saturated rings. The molecule has 0 spiro atoms. The lowest BCUT2D eigenvalue weighted by atomic mass is 9.85. The fourth-order valence-electron chi connectivity index (χ4n) is 9.84. The van der Waals surface area contributed by atoms with Gasteiger partial charge in [0.05, 0.1) is 30.4 Å². The van der Waals surface area contributed by atoms with E-state index in [4.69, 9.17) is 9.47 Å². The summed E-state index contributed by atoms with van der Waals surface area (Å²) in [5.41, 5.74) is 7.98. The van der Waals surface area contributed by atoms with Crippen molar-refractivity contribution in [3.05, 3.63) is 131 Å². The summed E-state index contributed by atoms with van der Waals surface area (Å²) in [5, 5.41) is 16.7. The Morgan fingerprint density at radius 1 is 0.849 bits per heavy atom. The number of aliphatic hydroxyl groups is 1. The van der Waals surface area contributed by atoms with Crippen LogP contribution < -0.4 is 10.4 Å². The lowest BCUT2D eigenvalue weighted by Crippen LogP contribution is -2.74. The molecule has 6 nitrogen and oxygen atoms in total. The van der Waals surface area contributed by atoms with Crippen LogP contribution in [-0.4, -0.2) is 54.4 Å². The molecule has 2 N–H and O–H groups in total. The van der Waals surface area contributed by atoms with Crippen LogP contribution >= 0.6 is 0 Å². The predicted molar refractivity (Wildman–Crippen MR) is 215 cm³/mol. The molecule has 53 heavy (non-hydrogen) atoms. The summed E-state index contributed by atoms with van der Waals surface area (Å²) in [7, 11) is -3.02. The Kier molecular flexibility index (Phi) is 8.09. The summed E-state index contributed by atoms with van der Waals surface area (Å²) < 4.78 is 14.5. The number of fused-ring (bicyclic) bond motifs is 10. The molecule has 0 bridgehead atoms. The van der Waals surface area contributed by atoms with E-state index in [1.165, 1.54) is 10.4 Å². The molecular weight excluding hydrogens is 673 g/mol. The number of benzene rings is 5. The molecule has 1 saturated heterocycles. The van der Waals surface area contributed by atoms with Crippen LogP contribution in [0.4, 0.5) is 0 Å². The Hall–Kier alpha value is -4.53. The first kappa shape index (κ1) is 34.2. The molecule has 0 radical (unpaired) electrons. The van der Waals surface area contributed by atoms with Crippen LogP contribution in [-0.2, 0) is 16.0 Å². The van der Waals surface area contributed by atoms with Gasteiger partial charge in [-0.2, -0.15) is 0 Å². The fraction of sp³-hybridized carbons (Fsp3) is 0.326. The number of aromatic amines is 1. The van der Waals surface area contributed by atoms with Crippen molar-refractivity contribution in [2.75, 3.05) is 13.2 Å². The first-order valence-electron chi connectivity index (χ1n) is 19.0. The van der Waals surface area contributed by atoms with Crippen molar-refractivity contribution in [2.24, 2.45) is 5.41 Å². The van der Waals surface area contributed by atoms with Crippen LogP contribution in [0.25, 0.3) is 32.9 Å². The highest BCUT2D eigenvalue weighted by Crippen LogP contribution is 2.56. The number of nitrogens with one attached hydrogen (secondary N) is 1. The zero-order chi connectivity index (χ0) is 36.7. The minimum Gasteiger partial charge on any atom is -0.392 e. The van der Waals surface area contributed by atoms with Crippen molar-refractivity contribution >= 4 is 46.3 Å². The minimum absolute atomic E-state index is 0.0189. The standard InChI is InChI=1S/C46H48N2O4Si/c1-45(2,3)53(29-16-8-6-9-17-29,30-18-10-7-11-19-30)48-26-34-38-33-22-14-15-23-35(33)47-43(38)42-39(36(49)24-25-37-51-27-46(4,5)28-52-37)31-20-12-13-21-32(31)40(42)41(34)44(48)50/h6-23,36-37,39,47,49H,24-28H2,1-5H3/t36-,39+/m0/s1. The third-order valence-corrected chi connectivity index (χ3v) is 17.7. The number of hydrogen-bond acceptors (Lipinski definition) is 4. The molecule has 7 heteroatoms. The maximum atomic E-state index is 15.8. The van der Waals surface area contributed by atoms with Crippen molar-refractivity contribution < 1.29 is 19.4 Å². The number of aromatic nitrogens is 1. The Morgan fingerprint density at radius 3 is 2.11 bits per heavy atom. The molecule has 9 rings (SSSR count). The third kappa shape index (κ3) is 5.19. The van der Waals surface area contributed by atoms with E-state index in [0.29, 0.717) is 32.6 Å². The van der Waals surface area contributed by atoms with Crippen LogP contribution in [0.2, 0.25) is 5.04 Å². The number of carbonyl (C=O) groups excluding carboxylic acids is 1. The molecule has 6 aromatic rings. The highest BCUT2D eigenvalue weighted by Gasteiger charge is 2.58. The smallest absolute Gasteiger partial charge is 0.247 e. The van der Waals surface area contributed by atoms with Crippen molar-refractivity contribution in [2.45, 2.75) is 77.4 Å². The number of nitrogens with zero attached hydrogens (tertiary/aromatic N) is 1. The molecule has 3 heterocycles. The summed E-state index contributed by atoms with van der Waals surface area (Å²) in [6.07, 6.45) is 0.0387. The van der Waals surface area contributed by atoms with Gasteiger partial charge in [0.1, 0.15) is 0 Å². The van der Waals surface area contributed by atoms with E-state index in [1.54, 1.807) is 0 Å². The number of ether oxygens (including phenoxy) is 2. The summed E-state index contributed by atoms with van der Waals surface area (Å²) in [5.74, 6) is -0.244. The number of H-pyrrole nitrogens is 1. The summed E-state index contributed by atoms with van der Waals surface area (Å²) in [6, 6.07) is 38.3. The number of para-hydroxylation sites is 1. The Bertz CT molecular complexity index is 2310. The third-order valence-electron chi connectivity index (χ3n) is 12.0. The number of rotatable bonds is 7. The van der Waals surface area contributed by atoms with Gasteiger partial charge >= 0.3 is 0 Å². The summed E-state index contributed by atoms with van der Waals surface area (Å²) in [4.78, 5) is 19.6. The highest BCUT2D eigenvalue weighted by atomic mass is 28.3. The van der Waals surface area contributed by atoms with Crippen LogP contribution in [0.15, 0.2) is 109 Å². The van der Waals surface area contributed by atoms with Gasteiger partial charge in [-0.05, 0) is 50.2 Å². The molecule has 270 valence electrons. The number of amides is 1. The van der Waals surface area contributed by atoms with E-state index in [9.17, 15) is 5.11 Å². The summed E-state index contributed by atoms with van der Waals surface area (Å²) in [6.45, 7) is 13.0. The Morgan fingerprint density at radius 2 is 1.45 bits per heavy atom. The second kappa shape index (κ2) is 12.5. The van der Waals surface area contributed by atoms with E-state index in [0.717, 1.165) is 55.2 Å². The average Bonchev–Trinajstić information content (AvgIpc) is 3.81. The highest BCUT2D eigenvalue weighted by molar-refractivity contribution is 7.03. The average molecular weight is 721 g/mol. The molecular formula is C46H48N2O4Si. The predicted octanol–water partition coefficient (Wildman–Crippen LogP) is 8.49. The molecule has 0 saturated carbocycles. The van der Waals surface area contributed by atoms with Crippen molar-refractivity contribution in [1.82, 2.24) is 9.55 Å². The Labute approximate surface area is 312 Å². The second-order valence-electron chi connectivity index (χ2n) is 17.1. The van der Waals surface area contributed by atoms with E-state index in [2.05, 4.69) is 153 Å². The maximum absolute atomic E-state index is 15.8. The molecule has 1 amide bonds. The lowest BCUT2D eigenvalue weighted by molar-refractivity contribution is -0.225. The number of hydrogen-bond donors (Lipinski definition) is 2. The molecule has 0 unspecified atom stereocenters.